The Morgan fingerprint density at radius 2 is 1.07 bits per heavy atom. The molecule has 2 saturated heterocycles. The summed E-state index contributed by atoms with van der Waals surface area (Å²) in [4.78, 5) is 161. The molecule has 2 aliphatic rings. The fraction of sp³-hybridized carbons (Fsp3) is 0.632. The van der Waals surface area contributed by atoms with Gasteiger partial charge in [-0.3, -0.25) is 77.1 Å². The summed E-state index contributed by atoms with van der Waals surface area (Å²) in [5, 5.41) is 90.4. The minimum atomic E-state index is -1.54. The van der Waals surface area contributed by atoms with Gasteiger partial charge in [0.15, 0.2) is 23.0 Å². The Bertz CT molecular complexity index is 2740. The molecule has 3 heterocycles. The van der Waals surface area contributed by atoms with Crippen LogP contribution in [0.4, 0.5) is 0 Å². The maximum atomic E-state index is 14.1. The van der Waals surface area contributed by atoms with E-state index in [1.165, 1.54) is 15.9 Å². The van der Waals surface area contributed by atoms with E-state index in [4.69, 9.17) is 4.52 Å². The van der Waals surface area contributed by atoms with Crippen molar-refractivity contribution in [2.45, 2.75) is 116 Å². The zero-order valence-corrected chi connectivity index (χ0v) is 51.3. The molecule has 0 aliphatic carbocycles. The van der Waals surface area contributed by atoms with Crippen molar-refractivity contribution in [3.63, 3.8) is 0 Å². The van der Waals surface area contributed by atoms with Crippen molar-refractivity contribution in [2.24, 2.45) is 11.8 Å². The van der Waals surface area contributed by atoms with Gasteiger partial charge in [0.05, 0.1) is 43.8 Å². The SMILES string of the molecule is CCNC(=O)c1noc(-c2cc(C(C)C)c(O)cc2O)c1CC(=O)C1CCN(CCCC(=O)[C@@H](CCC(=O)O)NC(=O)[C@@H](CCC(=O)O)CC(=O)[C@@H](CCC(=O)O)NC(=O)CN2CCN(CC(=O)O)CCN(CC(=O)O)CCN(CC(=O)O)CC2)CC1.[Lu]. The molecule has 0 spiro atoms. The van der Waals surface area contributed by atoms with E-state index >= 15 is 0 Å². The minimum absolute atomic E-state index is 0. The Hall–Kier alpha value is -6.70. The summed E-state index contributed by atoms with van der Waals surface area (Å²) < 4.78 is 5.59. The van der Waals surface area contributed by atoms with Gasteiger partial charge in [-0.2, -0.15) is 0 Å². The molecule has 3 atom stereocenters. The molecule has 2 aliphatic heterocycles. The number of aliphatic carboxylic acids is 6. The van der Waals surface area contributed by atoms with Crippen molar-refractivity contribution in [3.8, 4) is 22.8 Å². The maximum Gasteiger partial charge on any atom is 0.317 e. The summed E-state index contributed by atoms with van der Waals surface area (Å²) in [6.45, 7) is 5.76. The molecular weight excluding hydrogens is 1320 g/mol. The monoisotopic (exact) mass is 1400 g/mol. The molecule has 1 aromatic heterocycles. The molecule has 1 aromatic carbocycles. The number of hydrogen-bond donors (Lipinski definition) is 11. The fourth-order valence-electron chi connectivity index (χ4n) is 10.5. The van der Waals surface area contributed by atoms with Gasteiger partial charge in [0.25, 0.3) is 5.91 Å². The molecule has 0 bridgehead atoms. The number of ketones is 3. The summed E-state index contributed by atoms with van der Waals surface area (Å²) in [7, 11) is 0. The number of nitrogens with zero attached hydrogens (tertiary/aromatic N) is 6. The average Bonchev–Trinajstić information content (AvgIpc) is 3.13. The van der Waals surface area contributed by atoms with Crippen LogP contribution < -0.4 is 16.0 Å². The van der Waals surface area contributed by atoms with Crippen LogP contribution in [0.5, 0.6) is 11.5 Å². The van der Waals surface area contributed by atoms with Crippen molar-refractivity contribution in [1.82, 2.24) is 45.6 Å². The van der Waals surface area contributed by atoms with E-state index in [-0.39, 0.29) is 174 Å². The minimum Gasteiger partial charge on any atom is -0.508 e. The van der Waals surface area contributed by atoms with Gasteiger partial charge in [-0.25, -0.2) is 0 Å². The van der Waals surface area contributed by atoms with Crippen LogP contribution in [0.2, 0.25) is 0 Å². The molecular formula is C57H83LuN9O21. The number of amides is 3. The second-order valence-electron chi connectivity index (χ2n) is 22.2. The third kappa shape index (κ3) is 26.2. The number of piperidine rings is 1. The number of carboxylic acids is 6. The van der Waals surface area contributed by atoms with E-state index < -0.39 is 147 Å². The van der Waals surface area contributed by atoms with Gasteiger partial charge in [0.1, 0.15) is 17.3 Å². The summed E-state index contributed by atoms with van der Waals surface area (Å²) in [6.07, 6.45) is -3.22. The number of Topliss-reactive ketones (excluding diaryl/α,β-unsaturated/α-hetero) is 3. The second kappa shape index (κ2) is 38.0. The van der Waals surface area contributed by atoms with Gasteiger partial charge >= 0.3 is 35.8 Å². The van der Waals surface area contributed by atoms with E-state index in [0.29, 0.717) is 38.0 Å². The molecule has 11 N–H and O–H groups in total. The molecule has 0 unspecified atom stereocenters. The van der Waals surface area contributed by atoms with Gasteiger partial charge in [-0.15, -0.1) is 0 Å². The predicted octanol–water partition coefficient (Wildman–Crippen LogP) is 0.414. The fourth-order valence-corrected chi connectivity index (χ4v) is 10.5. The number of benzene rings is 1. The number of nitrogens with one attached hydrogen (secondary N) is 3. The van der Waals surface area contributed by atoms with E-state index in [0.717, 1.165) is 6.07 Å². The summed E-state index contributed by atoms with van der Waals surface area (Å²) in [6, 6.07) is -0.255. The van der Waals surface area contributed by atoms with E-state index in [1.807, 2.05) is 18.7 Å². The van der Waals surface area contributed by atoms with Gasteiger partial charge in [-0.05, 0) is 82.6 Å². The van der Waals surface area contributed by atoms with Crippen LogP contribution in [0.1, 0.15) is 119 Å². The number of likely N-dealkylation sites (tertiary alicyclic amines) is 1. The third-order valence-electron chi connectivity index (χ3n) is 15.3. The standard InChI is InChI=1S/C57H83N9O21.Lu/c1-4-58-57(86)54-39(55(87-61-54)38-27-37(34(2)3)44(69)29-45(38)70)28-43(68)35-13-16-62(17-14-35)15-5-6-42(67)40(8-11-49(75)76)60-56(85)36(7-10-48(73)74)26-46(71)41(9-12-50(77)78)59-47(72)30-63-18-20-64(31-51(79)80)22-24-66(33-53(83)84)25-23-65(21-19-63)32-52(81)82;/h27,29,34-36,40-41,69-70H,4-26,28,30-33H2,1-3H3,(H,58,86)(H,59,72)(H,60,85)(H,73,74)(H,75,76)(H,77,78)(H,79,80)(H,81,82)(H,83,84);/t36-,40+,41+;/m0./s1. The van der Waals surface area contributed by atoms with Crippen molar-refractivity contribution >= 4 is 70.9 Å². The van der Waals surface area contributed by atoms with E-state index in [9.17, 15) is 98.4 Å². The first-order chi connectivity index (χ1) is 41.1. The Kier molecular flexibility index (Phi) is 32.6. The molecule has 2 fully saturated rings. The number of phenolic OH excluding ortho intramolecular Hbond substituents is 2. The molecule has 497 valence electrons. The topological polar surface area (TPSA) is 445 Å². The quantitative estimate of drug-likeness (QED) is 0.0445. The maximum absolute atomic E-state index is 14.1. The summed E-state index contributed by atoms with van der Waals surface area (Å²) in [5.74, 6) is -14.0. The third-order valence-corrected chi connectivity index (χ3v) is 15.3. The summed E-state index contributed by atoms with van der Waals surface area (Å²) in [5.41, 5.74) is 0.685. The summed E-state index contributed by atoms with van der Waals surface area (Å²) >= 11 is 0. The van der Waals surface area contributed by atoms with Crippen LogP contribution in [-0.2, 0) is 59.2 Å². The molecule has 3 amide bonds. The number of carbonyl (C=O) groups is 12. The Morgan fingerprint density at radius 3 is 1.53 bits per heavy atom. The normalized spacial score (nSPS) is 16.4. The number of aromatic hydroxyl groups is 2. The first kappa shape index (κ1) is 75.6. The second-order valence-corrected chi connectivity index (χ2v) is 22.2. The van der Waals surface area contributed by atoms with Crippen LogP contribution in [0.3, 0.4) is 0 Å². The van der Waals surface area contributed by atoms with Crippen LogP contribution >= 0.6 is 0 Å². The van der Waals surface area contributed by atoms with Crippen LogP contribution in [-0.4, -0.2) is 258 Å². The van der Waals surface area contributed by atoms with E-state index in [1.54, 1.807) is 16.7 Å². The number of hydrogen-bond acceptors (Lipinski definition) is 21. The smallest absolute Gasteiger partial charge is 0.317 e. The van der Waals surface area contributed by atoms with Gasteiger partial charge in [0.2, 0.25) is 11.8 Å². The predicted molar refractivity (Wildman–Crippen MR) is 306 cm³/mol. The van der Waals surface area contributed by atoms with Crippen molar-refractivity contribution in [2.75, 3.05) is 105 Å². The number of aromatic nitrogens is 1. The van der Waals surface area contributed by atoms with Crippen molar-refractivity contribution in [1.29, 1.82) is 0 Å². The molecule has 2 aromatic rings. The van der Waals surface area contributed by atoms with Crippen LogP contribution in [0.15, 0.2) is 16.7 Å². The van der Waals surface area contributed by atoms with Crippen LogP contribution in [0.25, 0.3) is 11.3 Å². The molecule has 30 nitrogen and oxygen atoms in total. The Labute approximate surface area is 537 Å². The molecule has 1 radical (unpaired) electrons. The Balaban J connectivity index is 0.0000202. The number of carbonyl (C=O) groups excluding carboxylic acids is 6. The number of rotatable bonds is 35. The molecule has 4 rings (SSSR count). The van der Waals surface area contributed by atoms with Crippen LogP contribution in [0, 0.1) is 48.7 Å². The molecule has 0 saturated carbocycles. The molecule has 88 heavy (non-hydrogen) atoms. The average molecular weight is 1410 g/mol. The first-order valence-corrected chi connectivity index (χ1v) is 29.1. The van der Waals surface area contributed by atoms with E-state index in [2.05, 4.69) is 21.1 Å². The number of carboxylic acid groups (broad SMARTS) is 6. The van der Waals surface area contributed by atoms with Crippen molar-refractivity contribution < 1.29 is 140 Å². The number of phenols is 2. The zero-order valence-electron chi connectivity index (χ0n) is 49.7. The van der Waals surface area contributed by atoms with Gasteiger partial charge in [-0.1, -0.05) is 19.0 Å². The first-order valence-electron chi connectivity index (χ1n) is 29.1. The zero-order chi connectivity index (χ0) is 64.5. The van der Waals surface area contributed by atoms with Gasteiger partial charge < -0.3 is 66.2 Å². The van der Waals surface area contributed by atoms with Crippen molar-refractivity contribution in [3.05, 3.63) is 29.0 Å². The Morgan fingerprint density at radius 1 is 0.591 bits per heavy atom. The molecule has 31 heteroatoms. The largest absolute Gasteiger partial charge is 0.508 e. The van der Waals surface area contributed by atoms with Gasteiger partial charge in [0, 0.05) is 158 Å².